The van der Waals surface area contributed by atoms with Gasteiger partial charge < -0.3 is 4.74 Å². The van der Waals surface area contributed by atoms with Gasteiger partial charge in [0.15, 0.2) is 0 Å². The zero-order chi connectivity index (χ0) is 8.10. The first-order chi connectivity index (χ1) is 5.36. The molecule has 0 radical (unpaired) electrons. The molecule has 0 unspecified atom stereocenters. The molecule has 1 heterocycles. The number of likely N-dealkylation sites (tertiary alicyclic amines) is 1. The molecule has 0 saturated carbocycles. The zero-order valence-electron chi connectivity index (χ0n) is 7.20. The SMILES string of the molecule is CO[C@@H]1CCN(C/C=C/Cl)C1.Cl. The summed E-state index contributed by atoms with van der Waals surface area (Å²) >= 11 is 5.41. The maximum Gasteiger partial charge on any atom is 0.0710 e. The summed E-state index contributed by atoms with van der Waals surface area (Å²) in [6, 6.07) is 0. The minimum absolute atomic E-state index is 0. The van der Waals surface area contributed by atoms with Crippen LogP contribution in [-0.4, -0.2) is 37.7 Å². The molecule has 0 N–H and O–H groups in total. The van der Waals surface area contributed by atoms with Gasteiger partial charge in [0.2, 0.25) is 0 Å². The van der Waals surface area contributed by atoms with Gasteiger partial charge in [0, 0.05) is 32.3 Å². The maximum absolute atomic E-state index is 5.41. The number of nitrogens with zero attached hydrogens (tertiary/aromatic N) is 1. The van der Waals surface area contributed by atoms with E-state index in [4.69, 9.17) is 16.3 Å². The summed E-state index contributed by atoms with van der Waals surface area (Å²) in [4.78, 5) is 2.33. The van der Waals surface area contributed by atoms with Crippen LogP contribution in [-0.2, 0) is 4.74 Å². The minimum atomic E-state index is 0. The van der Waals surface area contributed by atoms with E-state index in [0.717, 1.165) is 26.1 Å². The largest absolute Gasteiger partial charge is 0.380 e. The van der Waals surface area contributed by atoms with Gasteiger partial charge >= 0.3 is 0 Å². The van der Waals surface area contributed by atoms with Crippen LogP contribution < -0.4 is 0 Å². The van der Waals surface area contributed by atoms with Gasteiger partial charge in [-0.25, -0.2) is 0 Å². The van der Waals surface area contributed by atoms with E-state index in [0.29, 0.717) is 6.10 Å². The summed E-state index contributed by atoms with van der Waals surface area (Å²) in [6.45, 7) is 3.11. The van der Waals surface area contributed by atoms with Gasteiger partial charge in [0.05, 0.1) is 6.10 Å². The van der Waals surface area contributed by atoms with Crippen molar-refractivity contribution in [2.75, 3.05) is 26.7 Å². The van der Waals surface area contributed by atoms with Crippen LogP contribution in [0.2, 0.25) is 0 Å². The minimum Gasteiger partial charge on any atom is -0.380 e. The Balaban J connectivity index is 0.00000121. The molecule has 4 heteroatoms. The van der Waals surface area contributed by atoms with Crippen LogP contribution in [0.15, 0.2) is 11.6 Å². The average Bonchev–Trinajstić information content (AvgIpc) is 2.48. The Morgan fingerprint density at radius 1 is 1.67 bits per heavy atom. The number of halogens is 2. The van der Waals surface area contributed by atoms with Crippen molar-refractivity contribution in [3.05, 3.63) is 11.6 Å². The zero-order valence-corrected chi connectivity index (χ0v) is 8.77. The summed E-state index contributed by atoms with van der Waals surface area (Å²) in [5.41, 5.74) is 1.57. The second-order valence-corrected chi connectivity index (χ2v) is 3.02. The second-order valence-electron chi connectivity index (χ2n) is 2.77. The quantitative estimate of drug-likeness (QED) is 0.708. The first-order valence-corrected chi connectivity index (χ1v) is 4.31. The highest BCUT2D eigenvalue weighted by Crippen LogP contribution is 2.10. The summed E-state index contributed by atoms with van der Waals surface area (Å²) in [5, 5.41) is 0. The fourth-order valence-corrected chi connectivity index (χ4v) is 1.42. The van der Waals surface area contributed by atoms with E-state index in [2.05, 4.69) is 4.90 Å². The Hall–Kier alpha value is 0.240. The van der Waals surface area contributed by atoms with Crippen molar-refractivity contribution in [1.29, 1.82) is 0 Å². The van der Waals surface area contributed by atoms with Crippen molar-refractivity contribution < 1.29 is 4.74 Å². The topological polar surface area (TPSA) is 12.5 Å². The van der Waals surface area contributed by atoms with E-state index in [9.17, 15) is 0 Å². The van der Waals surface area contributed by atoms with Crippen LogP contribution >= 0.6 is 24.0 Å². The molecule has 72 valence electrons. The molecular formula is C8H15Cl2NO. The van der Waals surface area contributed by atoms with Crippen molar-refractivity contribution in [3.63, 3.8) is 0 Å². The van der Waals surface area contributed by atoms with Crippen molar-refractivity contribution in [1.82, 2.24) is 4.90 Å². The number of hydrogen-bond donors (Lipinski definition) is 0. The smallest absolute Gasteiger partial charge is 0.0710 e. The molecular weight excluding hydrogens is 197 g/mol. The fraction of sp³-hybridized carbons (Fsp3) is 0.750. The lowest BCUT2D eigenvalue weighted by molar-refractivity contribution is 0.109. The summed E-state index contributed by atoms with van der Waals surface area (Å²) < 4.78 is 5.22. The molecule has 2 nitrogen and oxygen atoms in total. The lowest BCUT2D eigenvalue weighted by Crippen LogP contribution is -2.22. The van der Waals surface area contributed by atoms with Crippen LogP contribution in [0.4, 0.5) is 0 Å². The van der Waals surface area contributed by atoms with Gasteiger partial charge in [-0.05, 0) is 6.42 Å². The van der Waals surface area contributed by atoms with Gasteiger partial charge in [-0.2, -0.15) is 0 Å². The predicted molar refractivity (Wildman–Crippen MR) is 54.1 cm³/mol. The molecule has 0 aromatic rings. The van der Waals surface area contributed by atoms with Crippen molar-refractivity contribution in [3.8, 4) is 0 Å². The van der Waals surface area contributed by atoms with Gasteiger partial charge in [0.1, 0.15) is 0 Å². The van der Waals surface area contributed by atoms with Crippen molar-refractivity contribution in [2.45, 2.75) is 12.5 Å². The van der Waals surface area contributed by atoms with Gasteiger partial charge in [-0.15, -0.1) is 12.4 Å². The molecule has 0 bridgehead atoms. The number of ether oxygens (including phenoxy) is 1. The van der Waals surface area contributed by atoms with E-state index < -0.39 is 0 Å². The summed E-state index contributed by atoms with van der Waals surface area (Å²) in [5.74, 6) is 0. The van der Waals surface area contributed by atoms with E-state index in [1.807, 2.05) is 6.08 Å². The normalized spacial score (nSPS) is 24.7. The summed E-state index contributed by atoms with van der Waals surface area (Å²) in [6.07, 6.45) is 3.53. The molecule has 1 aliphatic rings. The number of rotatable bonds is 3. The Labute approximate surface area is 84.9 Å². The molecule has 1 rings (SSSR count). The molecule has 0 spiro atoms. The van der Waals surface area contributed by atoms with E-state index in [1.165, 1.54) is 0 Å². The molecule has 0 aliphatic carbocycles. The molecule has 0 aromatic heterocycles. The van der Waals surface area contributed by atoms with E-state index in [1.54, 1.807) is 12.6 Å². The highest BCUT2D eigenvalue weighted by atomic mass is 35.5. The standard InChI is InChI=1S/C8H14ClNO.ClH/c1-11-8-3-6-10(7-8)5-2-4-9;/h2,4,8H,3,5-7H2,1H3;1H/b4-2+;/t8-;/m1./s1. The Bertz CT molecular complexity index is 141. The Morgan fingerprint density at radius 3 is 2.92 bits per heavy atom. The van der Waals surface area contributed by atoms with Crippen LogP contribution in [0.5, 0.6) is 0 Å². The average molecular weight is 212 g/mol. The molecule has 0 aromatic carbocycles. The molecule has 1 saturated heterocycles. The summed E-state index contributed by atoms with van der Waals surface area (Å²) in [7, 11) is 1.77. The first kappa shape index (κ1) is 12.2. The predicted octanol–water partition coefficient (Wildman–Crippen LogP) is 1.88. The third-order valence-corrected chi connectivity index (χ3v) is 2.19. The Morgan fingerprint density at radius 2 is 2.42 bits per heavy atom. The second kappa shape index (κ2) is 6.72. The van der Waals surface area contributed by atoms with Crippen molar-refractivity contribution in [2.24, 2.45) is 0 Å². The third kappa shape index (κ3) is 3.76. The van der Waals surface area contributed by atoms with Gasteiger partial charge in [-0.3, -0.25) is 4.90 Å². The lowest BCUT2D eigenvalue weighted by Gasteiger charge is -2.11. The van der Waals surface area contributed by atoms with Gasteiger partial charge in [-0.1, -0.05) is 17.7 Å². The molecule has 12 heavy (non-hydrogen) atoms. The van der Waals surface area contributed by atoms with Crippen LogP contribution in [0.25, 0.3) is 0 Å². The van der Waals surface area contributed by atoms with Crippen LogP contribution in [0.1, 0.15) is 6.42 Å². The van der Waals surface area contributed by atoms with E-state index >= 15 is 0 Å². The molecule has 1 fully saturated rings. The first-order valence-electron chi connectivity index (χ1n) is 3.87. The molecule has 0 amide bonds. The van der Waals surface area contributed by atoms with Crippen molar-refractivity contribution >= 4 is 24.0 Å². The van der Waals surface area contributed by atoms with E-state index in [-0.39, 0.29) is 12.4 Å². The fourth-order valence-electron chi connectivity index (χ4n) is 1.34. The molecule has 1 atom stereocenters. The number of hydrogen-bond acceptors (Lipinski definition) is 2. The Kier molecular flexibility index (Phi) is 6.86. The molecule has 1 aliphatic heterocycles. The highest BCUT2D eigenvalue weighted by Gasteiger charge is 2.20. The lowest BCUT2D eigenvalue weighted by atomic mass is 10.3. The van der Waals surface area contributed by atoms with Crippen LogP contribution in [0, 0.1) is 0 Å². The van der Waals surface area contributed by atoms with Crippen LogP contribution in [0.3, 0.4) is 0 Å². The third-order valence-electron chi connectivity index (χ3n) is 2.02. The monoisotopic (exact) mass is 211 g/mol. The maximum atomic E-state index is 5.41. The van der Waals surface area contributed by atoms with Gasteiger partial charge in [0.25, 0.3) is 0 Å². The number of methoxy groups -OCH3 is 1. The highest BCUT2D eigenvalue weighted by molar-refractivity contribution is 6.25.